The van der Waals surface area contributed by atoms with Gasteiger partial charge >= 0.3 is 5.97 Å². The van der Waals surface area contributed by atoms with E-state index in [9.17, 15) is 15.0 Å². The quantitative estimate of drug-likeness (QED) is 0.546. The van der Waals surface area contributed by atoms with Crippen LogP contribution in [0, 0.1) is 40.4 Å². The van der Waals surface area contributed by atoms with E-state index in [0.29, 0.717) is 13.0 Å². The van der Waals surface area contributed by atoms with Gasteiger partial charge in [-0.15, -0.1) is 0 Å². The molecule has 1 spiro atoms. The van der Waals surface area contributed by atoms with Crippen LogP contribution in [0.3, 0.4) is 0 Å². The number of rotatable bonds is 6. The Labute approximate surface area is 202 Å². The number of carbonyl (C=O) groups is 1. The SMILES string of the molecule is CCN1C[C@]2(COC)CC[C@@H](O)[C@@]34[C@@H]5C[C@H]6[C@H](OC(C)=O)[C@@H]5[C@](O)(C[C@@H]6OC)[C@@H]([C@H](OC)[C@H]23)[C@@H]14. The summed E-state index contributed by atoms with van der Waals surface area (Å²) < 4.78 is 24.1. The molecule has 7 bridgehead atoms. The normalized spacial score (nSPS) is 57.0. The highest BCUT2D eigenvalue weighted by Crippen LogP contribution is 2.79. The lowest BCUT2D eigenvalue weighted by atomic mass is 9.43. The van der Waals surface area contributed by atoms with Crippen molar-refractivity contribution in [2.24, 2.45) is 40.4 Å². The van der Waals surface area contributed by atoms with Gasteiger partial charge in [0.15, 0.2) is 0 Å². The Hall–Kier alpha value is -0.770. The summed E-state index contributed by atoms with van der Waals surface area (Å²) in [5, 5.41) is 24.7. The zero-order valence-electron chi connectivity index (χ0n) is 21.1. The first-order valence-electron chi connectivity index (χ1n) is 13.1. The van der Waals surface area contributed by atoms with Crippen molar-refractivity contribution in [2.45, 2.75) is 75.6 Å². The second-order valence-electron chi connectivity index (χ2n) is 12.1. The fourth-order valence-corrected chi connectivity index (χ4v) is 11.0. The summed E-state index contributed by atoms with van der Waals surface area (Å²) in [6.45, 7) is 6.00. The van der Waals surface area contributed by atoms with Gasteiger partial charge < -0.3 is 29.2 Å². The van der Waals surface area contributed by atoms with Gasteiger partial charge in [-0.1, -0.05) is 6.92 Å². The van der Waals surface area contributed by atoms with Crippen molar-refractivity contribution in [2.75, 3.05) is 41.0 Å². The maximum absolute atomic E-state index is 12.7. The van der Waals surface area contributed by atoms with Crippen LogP contribution in [0.2, 0.25) is 0 Å². The Kier molecular flexibility index (Phi) is 5.29. The lowest BCUT2D eigenvalue weighted by Crippen LogP contribution is -2.76. The molecular formula is C26H41NO7. The van der Waals surface area contributed by atoms with Crippen LogP contribution in [-0.2, 0) is 23.7 Å². The highest BCUT2D eigenvalue weighted by atomic mass is 16.5. The number of piperidine rings is 1. The van der Waals surface area contributed by atoms with Crippen LogP contribution in [0.4, 0.5) is 0 Å². The molecule has 0 radical (unpaired) electrons. The van der Waals surface area contributed by atoms with Gasteiger partial charge in [0.1, 0.15) is 6.10 Å². The third kappa shape index (κ3) is 2.48. The first kappa shape index (κ1) is 23.6. The molecule has 2 N–H and O–H groups in total. The standard InChI is InChI=1S/C26H41NO7/c1-6-27-11-24(12-31-3)8-7-17(29)26-15-9-14-16(32-4)10-25(30,18(15)20(14)34-13(2)28)19(23(26)27)21(33-5)22(24)26/h14-23,29-30H,6-12H2,1-5H3/t14-,15-,16+,17-,18-,19+,20+,21+,22-,23-,24+,25-,26+/m1/s1. The van der Waals surface area contributed by atoms with Gasteiger partial charge in [0.05, 0.1) is 30.5 Å². The summed E-state index contributed by atoms with van der Waals surface area (Å²) in [7, 11) is 5.23. The summed E-state index contributed by atoms with van der Waals surface area (Å²) in [5.41, 5.74) is -1.66. The molecule has 0 aromatic carbocycles. The first-order valence-corrected chi connectivity index (χ1v) is 13.1. The van der Waals surface area contributed by atoms with E-state index in [0.717, 1.165) is 32.4 Å². The Morgan fingerprint density at radius 3 is 2.53 bits per heavy atom. The first-order chi connectivity index (χ1) is 16.2. The predicted octanol–water partition coefficient (Wildman–Crippen LogP) is 1.07. The summed E-state index contributed by atoms with van der Waals surface area (Å²) >= 11 is 0. The average molecular weight is 480 g/mol. The predicted molar refractivity (Wildman–Crippen MR) is 122 cm³/mol. The van der Waals surface area contributed by atoms with Crippen LogP contribution in [0.25, 0.3) is 0 Å². The van der Waals surface area contributed by atoms with Gasteiger partial charge in [-0.2, -0.15) is 0 Å². The van der Waals surface area contributed by atoms with Crippen molar-refractivity contribution in [3.63, 3.8) is 0 Å². The number of ether oxygens (including phenoxy) is 4. The van der Waals surface area contributed by atoms with E-state index in [1.54, 1.807) is 21.3 Å². The average Bonchev–Trinajstić information content (AvgIpc) is 3.23. The van der Waals surface area contributed by atoms with Crippen LogP contribution in [0.15, 0.2) is 0 Å². The number of aliphatic hydroxyl groups excluding tert-OH is 1. The van der Waals surface area contributed by atoms with Gasteiger partial charge in [0.25, 0.3) is 0 Å². The molecule has 0 amide bonds. The van der Waals surface area contributed by atoms with Crippen molar-refractivity contribution in [3.05, 3.63) is 0 Å². The van der Waals surface area contributed by atoms with Gasteiger partial charge in [-0.25, -0.2) is 0 Å². The lowest BCUT2D eigenvalue weighted by molar-refractivity contribution is -0.274. The van der Waals surface area contributed by atoms with E-state index in [2.05, 4.69) is 11.8 Å². The molecule has 192 valence electrons. The molecule has 0 unspecified atom stereocenters. The number of fused-ring (bicyclic) bond motifs is 2. The summed E-state index contributed by atoms with van der Waals surface area (Å²) in [5.74, 6) is -0.586. The topological polar surface area (TPSA) is 97.7 Å². The second kappa shape index (κ2) is 7.62. The number of nitrogens with zero attached hydrogens (tertiary/aromatic N) is 1. The molecule has 6 fully saturated rings. The van der Waals surface area contributed by atoms with Crippen LogP contribution in [-0.4, -0.2) is 98.2 Å². The minimum absolute atomic E-state index is 0.0197. The van der Waals surface area contributed by atoms with E-state index in [1.165, 1.54) is 6.92 Å². The van der Waals surface area contributed by atoms with Crippen LogP contribution in [0.1, 0.15) is 39.5 Å². The van der Waals surface area contributed by atoms with Crippen LogP contribution in [0.5, 0.6) is 0 Å². The van der Waals surface area contributed by atoms with Crippen molar-refractivity contribution in [1.29, 1.82) is 0 Å². The maximum Gasteiger partial charge on any atom is 0.302 e. The van der Waals surface area contributed by atoms with E-state index in [-0.39, 0.29) is 59.2 Å². The Balaban J connectivity index is 1.61. The highest BCUT2D eigenvalue weighted by molar-refractivity contribution is 5.66. The molecule has 8 heteroatoms. The summed E-state index contributed by atoms with van der Waals surface area (Å²) in [6, 6.07) is 0.0197. The minimum Gasteiger partial charge on any atom is -0.462 e. The number of hydrogen-bond donors (Lipinski definition) is 2. The molecule has 5 saturated carbocycles. The third-order valence-corrected chi connectivity index (χ3v) is 11.4. The number of methoxy groups -OCH3 is 3. The maximum atomic E-state index is 12.7. The molecule has 34 heavy (non-hydrogen) atoms. The van der Waals surface area contributed by atoms with E-state index < -0.39 is 23.2 Å². The lowest BCUT2D eigenvalue weighted by Gasteiger charge is -2.68. The largest absolute Gasteiger partial charge is 0.462 e. The molecule has 6 rings (SSSR count). The zero-order valence-corrected chi connectivity index (χ0v) is 21.1. The fraction of sp³-hybridized carbons (Fsp3) is 0.962. The van der Waals surface area contributed by atoms with Gasteiger partial charge in [0, 0.05) is 81.8 Å². The second-order valence-corrected chi connectivity index (χ2v) is 12.1. The third-order valence-electron chi connectivity index (χ3n) is 11.4. The van der Waals surface area contributed by atoms with Crippen molar-refractivity contribution < 1.29 is 34.0 Å². The molecule has 5 aliphatic carbocycles. The van der Waals surface area contributed by atoms with Gasteiger partial charge in [-0.05, 0) is 31.7 Å². The number of likely N-dealkylation sites (tertiary alicyclic amines) is 1. The van der Waals surface area contributed by atoms with Crippen molar-refractivity contribution in [1.82, 2.24) is 4.90 Å². The number of hydrogen-bond acceptors (Lipinski definition) is 8. The fourth-order valence-electron chi connectivity index (χ4n) is 11.0. The number of esters is 1. The number of aliphatic hydroxyl groups is 2. The molecule has 13 atom stereocenters. The van der Waals surface area contributed by atoms with Crippen molar-refractivity contribution >= 4 is 5.97 Å². The van der Waals surface area contributed by atoms with Gasteiger partial charge in [-0.3, -0.25) is 9.69 Å². The Morgan fingerprint density at radius 1 is 1.15 bits per heavy atom. The summed E-state index contributed by atoms with van der Waals surface area (Å²) in [4.78, 5) is 14.7. The number of carbonyl (C=O) groups excluding carboxylic acids is 1. The Bertz CT molecular complexity index is 855. The molecule has 0 aromatic heterocycles. The Morgan fingerprint density at radius 2 is 1.91 bits per heavy atom. The zero-order chi connectivity index (χ0) is 24.2. The molecular weight excluding hydrogens is 438 g/mol. The van der Waals surface area contributed by atoms with Crippen molar-refractivity contribution in [3.8, 4) is 0 Å². The molecule has 0 aromatic rings. The smallest absolute Gasteiger partial charge is 0.302 e. The molecule has 1 heterocycles. The highest BCUT2D eigenvalue weighted by Gasteiger charge is 2.86. The molecule has 1 aliphatic heterocycles. The summed E-state index contributed by atoms with van der Waals surface area (Å²) in [6.07, 6.45) is 1.64. The van der Waals surface area contributed by atoms with Crippen LogP contribution < -0.4 is 0 Å². The molecule has 1 saturated heterocycles. The minimum atomic E-state index is -1.09. The monoisotopic (exact) mass is 479 g/mol. The molecule has 8 nitrogen and oxygen atoms in total. The van der Waals surface area contributed by atoms with Gasteiger partial charge in [0.2, 0.25) is 0 Å². The van der Waals surface area contributed by atoms with E-state index >= 15 is 0 Å². The van der Waals surface area contributed by atoms with E-state index in [1.807, 2.05) is 0 Å². The van der Waals surface area contributed by atoms with E-state index in [4.69, 9.17) is 18.9 Å². The van der Waals surface area contributed by atoms with Crippen LogP contribution >= 0.6 is 0 Å². The molecule has 6 aliphatic rings.